The first-order valence-electron chi connectivity index (χ1n) is 7.07. The summed E-state index contributed by atoms with van der Waals surface area (Å²) in [5.74, 6) is 1.81. The van der Waals surface area contributed by atoms with Crippen LogP contribution in [-0.2, 0) is 0 Å². The summed E-state index contributed by atoms with van der Waals surface area (Å²) in [5.41, 5.74) is 7.74. The van der Waals surface area contributed by atoms with Crippen LogP contribution in [0.2, 0.25) is 0 Å². The van der Waals surface area contributed by atoms with Crippen LogP contribution < -0.4 is 5.73 Å². The summed E-state index contributed by atoms with van der Waals surface area (Å²) in [6.07, 6.45) is 6.82. The molecule has 2 aliphatic rings. The van der Waals surface area contributed by atoms with E-state index >= 15 is 0 Å². The molecule has 0 saturated heterocycles. The van der Waals surface area contributed by atoms with Crippen LogP contribution in [0.1, 0.15) is 49.0 Å². The second kappa shape index (κ2) is 4.48. The second-order valence-electron chi connectivity index (χ2n) is 5.70. The first-order chi connectivity index (χ1) is 9.72. The van der Waals surface area contributed by atoms with Crippen LogP contribution in [0.15, 0.2) is 22.4 Å². The lowest BCUT2D eigenvalue weighted by Gasteiger charge is -2.08. The molecular weight excluding hydrogens is 270 g/mol. The summed E-state index contributed by atoms with van der Waals surface area (Å²) in [6, 6.07) is 2.52. The predicted octanol–water partition coefficient (Wildman–Crippen LogP) is 2.93. The fourth-order valence-corrected chi connectivity index (χ4v) is 3.22. The van der Waals surface area contributed by atoms with Crippen LogP contribution in [0.5, 0.6) is 0 Å². The zero-order chi connectivity index (χ0) is 13.7. The topological polar surface area (TPSA) is 69.6 Å². The number of pyridine rings is 1. The van der Waals surface area contributed by atoms with Crippen LogP contribution in [0, 0.1) is 6.92 Å². The molecule has 0 aliphatic heterocycles. The molecule has 0 aromatic carbocycles. The van der Waals surface area contributed by atoms with Gasteiger partial charge < -0.3 is 10.3 Å². The Hall–Kier alpha value is -1.56. The number of nitrogens with two attached hydrogens (primary N) is 1. The Morgan fingerprint density at radius 1 is 1.25 bits per heavy atom. The Morgan fingerprint density at radius 2 is 2.05 bits per heavy atom. The molecule has 5 nitrogen and oxygen atoms in total. The molecular formula is C14H17N5S. The maximum atomic E-state index is 5.95. The van der Waals surface area contributed by atoms with Gasteiger partial charge in [0, 0.05) is 23.8 Å². The molecule has 2 N–H and O–H groups in total. The highest BCUT2D eigenvalue weighted by molar-refractivity contribution is 7.99. The van der Waals surface area contributed by atoms with Gasteiger partial charge in [-0.05, 0) is 56.0 Å². The van der Waals surface area contributed by atoms with Crippen molar-refractivity contribution in [2.75, 3.05) is 5.73 Å². The van der Waals surface area contributed by atoms with Crippen molar-refractivity contribution in [2.45, 2.75) is 54.7 Å². The molecule has 2 aliphatic carbocycles. The van der Waals surface area contributed by atoms with Gasteiger partial charge in [0.25, 0.3) is 0 Å². The largest absolute Gasteiger partial charge is 0.398 e. The molecule has 0 unspecified atom stereocenters. The molecule has 0 spiro atoms. The molecule has 104 valence electrons. The highest BCUT2D eigenvalue weighted by Crippen LogP contribution is 2.46. The molecule has 2 heterocycles. The summed E-state index contributed by atoms with van der Waals surface area (Å²) in [5, 5.41) is 10.6. The van der Waals surface area contributed by atoms with Gasteiger partial charge in [0.2, 0.25) is 0 Å². The molecule has 2 saturated carbocycles. The van der Waals surface area contributed by atoms with Gasteiger partial charge in [-0.2, -0.15) is 0 Å². The molecule has 2 aromatic heterocycles. The average molecular weight is 287 g/mol. The molecule has 0 amide bonds. The lowest BCUT2D eigenvalue weighted by molar-refractivity contribution is 0.626. The zero-order valence-electron chi connectivity index (χ0n) is 11.4. The zero-order valence-corrected chi connectivity index (χ0v) is 12.2. The van der Waals surface area contributed by atoms with Gasteiger partial charge in [0.15, 0.2) is 5.16 Å². The van der Waals surface area contributed by atoms with Crippen molar-refractivity contribution in [3.8, 4) is 0 Å². The molecule has 0 atom stereocenters. The number of aromatic nitrogens is 4. The summed E-state index contributed by atoms with van der Waals surface area (Å²) in [7, 11) is 0. The number of aryl methyl sites for hydroxylation is 1. The number of hydrogen-bond acceptors (Lipinski definition) is 5. The number of rotatable bonds is 4. The van der Waals surface area contributed by atoms with Crippen molar-refractivity contribution in [1.82, 2.24) is 19.7 Å². The second-order valence-corrected chi connectivity index (χ2v) is 6.68. The van der Waals surface area contributed by atoms with E-state index in [2.05, 4.69) is 19.7 Å². The van der Waals surface area contributed by atoms with Crippen molar-refractivity contribution >= 4 is 17.4 Å². The normalized spacial score (nSPS) is 18.4. The third kappa shape index (κ3) is 2.18. The highest BCUT2D eigenvalue weighted by atomic mass is 32.2. The highest BCUT2D eigenvalue weighted by Gasteiger charge is 2.36. The molecule has 2 aromatic rings. The van der Waals surface area contributed by atoms with E-state index in [1.807, 2.05) is 19.2 Å². The van der Waals surface area contributed by atoms with Crippen molar-refractivity contribution in [3.05, 3.63) is 23.7 Å². The van der Waals surface area contributed by atoms with Crippen LogP contribution in [0.4, 0.5) is 5.69 Å². The number of hydrogen-bond donors (Lipinski definition) is 1. The van der Waals surface area contributed by atoms with Gasteiger partial charge in [0.05, 0.1) is 0 Å². The van der Waals surface area contributed by atoms with E-state index in [0.29, 0.717) is 12.0 Å². The molecule has 20 heavy (non-hydrogen) atoms. The first-order valence-corrected chi connectivity index (χ1v) is 7.89. The van der Waals surface area contributed by atoms with Gasteiger partial charge in [-0.3, -0.25) is 0 Å². The van der Waals surface area contributed by atoms with E-state index in [1.165, 1.54) is 31.5 Å². The van der Waals surface area contributed by atoms with Crippen LogP contribution in [0.3, 0.4) is 0 Å². The smallest absolute Gasteiger partial charge is 0.197 e. The van der Waals surface area contributed by atoms with E-state index in [9.17, 15) is 0 Å². The SMILES string of the molecule is Cc1cnc(Sc2nnc(C3CC3)n2C2CC2)cc1N. The van der Waals surface area contributed by atoms with E-state index in [4.69, 9.17) is 5.73 Å². The Morgan fingerprint density at radius 3 is 2.70 bits per heavy atom. The van der Waals surface area contributed by atoms with Gasteiger partial charge in [-0.25, -0.2) is 4.98 Å². The van der Waals surface area contributed by atoms with Crippen molar-refractivity contribution < 1.29 is 0 Å². The maximum absolute atomic E-state index is 5.95. The standard InChI is InChI=1S/C14H17N5S/c1-8-7-16-12(6-11(8)15)20-14-18-17-13(9-2-3-9)19(14)10-4-5-10/h6-7,9-10H,2-5H2,1H3,(H2,15,16). The monoisotopic (exact) mass is 287 g/mol. The summed E-state index contributed by atoms with van der Waals surface area (Å²) < 4.78 is 2.33. The Balaban J connectivity index is 1.66. The quantitative estimate of drug-likeness (QED) is 0.936. The van der Waals surface area contributed by atoms with Crippen molar-refractivity contribution in [1.29, 1.82) is 0 Å². The third-order valence-electron chi connectivity index (χ3n) is 3.86. The number of nitrogens with zero attached hydrogens (tertiary/aromatic N) is 4. The predicted molar refractivity (Wildman–Crippen MR) is 77.8 cm³/mol. The summed E-state index contributed by atoms with van der Waals surface area (Å²) in [4.78, 5) is 4.43. The van der Waals surface area contributed by atoms with Crippen LogP contribution in [0.25, 0.3) is 0 Å². The Bertz CT molecular complexity index is 658. The van der Waals surface area contributed by atoms with Gasteiger partial charge in [-0.15, -0.1) is 10.2 Å². The summed E-state index contributed by atoms with van der Waals surface area (Å²) in [6.45, 7) is 1.97. The number of nitrogen functional groups attached to an aromatic ring is 1. The lowest BCUT2D eigenvalue weighted by atomic mass is 10.3. The molecule has 0 bridgehead atoms. The van der Waals surface area contributed by atoms with Crippen LogP contribution >= 0.6 is 11.8 Å². The fourth-order valence-electron chi connectivity index (χ4n) is 2.32. The summed E-state index contributed by atoms with van der Waals surface area (Å²) >= 11 is 1.57. The van der Waals surface area contributed by atoms with E-state index < -0.39 is 0 Å². The molecule has 6 heteroatoms. The van der Waals surface area contributed by atoms with E-state index in [0.717, 1.165) is 21.4 Å². The third-order valence-corrected chi connectivity index (χ3v) is 4.75. The van der Waals surface area contributed by atoms with Gasteiger partial charge >= 0.3 is 0 Å². The molecule has 2 fully saturated rings. The lowest BCUT2D eigenvalue weighted by Crippen LogP contribution is -2.02. The number of anilines is 1. The minimum absolute atomic E-state index is 0.603. The molecule has 4 rings (SSSR count). The maximum Gasteiger partial charge on any atom is 0.197 e. The van der Waals surface area contributed by atoms with E-state index in [1.54, 1.807) is 11.8 Å². The van der Waals surface area contributed by atoms with Crippen molar-refractivity contribution in [2.24, 2.45) is 0 Å². The minimum Gasteiger partial charge on any atom is -0.398 e. The Kier molecular flexibility index (Phi) is 2.73. The molecule has 0 radical (unpaired) electrons. The van der Waals surface area contributed by atoms with Crippen molar-refractivity contribution in [3.63, 3.8) is 0 Å². The fraction of sp³-hybridized carbons (Fsp3) is 0.500. The minimum atomic E-state index is 0.603. The van der Waals surface area contributed by atoms with Crippen LogP contribution in [-0.4, -0.2) is 19.7 Å². The van der Waals surface area contributed by atoms with E-state index in [-0.39, 0.29) is 0 Å². The Labute approximate surface area is 122 Å². The average Bonchev–Trinajstić information content (AvgIpc) is 3.33. The van der Waals surface area contributed by atoms with Gasteiger partial charge in [0.1, 0.15) is 10.9 Å². The first kappa shape index (κ1) is 12.2. The van der Waals surface area contributed by atoms with Gasteiger partial charge in [-0.1, -0.05) is 0 Å².